The molecule has 7 nitrogen and oxygen atoms in total. The van der Waals surface area contributed by atoms with E-state index in [1.165, 1.54) is 0 Å². The van der Waals surface area contributed by atoms with Crippen molar-refractivity contribution in [3.8, 4) is 0 Å². The summed E-state index contributed by atoms with van der Waals surface area (Å²) in [7, 11) is 0. The van der Waals surface area contributed by atoms with E-state index in [2.05, 4.69) is 17.9 Å². The van der Waals surface area contributed by atoms with Gasteiger partial charge in [0, 0.05) is 6.42 Å². The summed E-state index contributed by atoms with van der Waals surface area (Å²) in [6, 6.07) is 0. The Hall–Kier alpha value is -2.44. The molecule has 0 spiro atoms. The van der Waals surface area contributed by atoms with Crippen LogP contribution in [0.5, 0.6) is 0 Å². The molecule has 0 saturated heterocycles. The predicted molar refractivity (Wildman–Crippen MR) is 90.6 cm³/mol. The molecule has 0 saturated carbocycles. The van der Waals surface area contributed by atoms with E-state index in [1.54, 1.807) is 13.8 Å². The van der Waals surface area contributed by atoms with Crippen molar-refractivity contribution in [1.82, 2.24) is 0 Å². The van der Waals surface area contributed by atoms with Crippen molar-refractivity contribution < 1.29 is 33.4 Å². The lowest BCUT2D eigenvalue weighted by Gasteiger charge is -2.07. The summed E-state index contributed by atoms with van der Waals surface area (Å²) in [5.74, 6) is -2.58. The fourth-order valence-electron chi connectivity index (χ4n) is 1.78. The first-order chi connectivity index (χ1) is 11.8. The monoisotopic (exact) mass is 354 g/mol. The highest BCUT2D eigenvalue weighted by Crippen LogP contribution is 2.09. The number of esters is 3. The van der Waals surface area contributed by atoms with Crippen LogP contribution in [0.2, 0.25) is 0 Å². The third kappa shape index (κ3) is 9.44. The summed E-state index contributed by atoms with van der Waals surface area (Å²) < 4.78 is 14.3. The number of ether oxygens (including phenoxy) is 3. The van der Waals surface area contributed by atoms with Crippen LogP contribution in [0.1, 0.15) is 46.0 Å². The van der Waals surface area contributed by atoms with Gasteiger partial charge in [-0.1, -0.05) is 26.0 Å². The first kappa shape index (κ1) is 22.6. The van der Waals surface area contributed by atoms with Crippen LogP contribution in [-0.4, -0.2) is 43.5 Å². The molecule has 0 radical (unpaired) electrons. The zero-order valence-corrected chi connectivity index (χ0v) is 14.9. The van der Waals surface area contributed by atoms with Crippen molar-refractivity contribution in [3.63, 3.8) is 0 Å². The molecule has 0 fully saturated rings. The molecule has 0 aromatic heterocycles. The number of carbonyl (C=O) groups excluding carboxylic acids is 4. The molecule has 0 aliphatic heterocycles. The molecular weight excluding hydrogens is 328 g/mol. The molecule has 0 rings (SSSR count). The fraction of sp³-hybridized carbons (Fsp3) is 0.556. The quantitative estimate of drug-likeness (QED) is 0.125. The molecule has 0 aromatic carbocycles. The van der Waals surface area contributed by atoms with Crippen molar-refractivity contribution in [1.29, 1.82) is 0 Å². The van der Waals surface area contributed by atoms with Crippen molar-refractivity contribution in [2.24, 2.45) is 0 Å². The van der Waals surface area contributed by atoms with Gasteiger partial charge in [0.2, 0.25) is 0 Å². The lowest BCUT2D eigenvalue weighted by Crippen LogP contribution is -2.17. The first-order valence-electron chi connectivity index (χ1n) is 8.27. The zero-order chi connectivity index (χ0) is 19.2. The predicted octanol–water partition coefficient (Wildman–Crippen LogP) is 2.29. The molecule has 0 unspecified atom stereocenters. The van der Waals surface area contributed by atoms with Gasteiger partial charge < -0.3 is 14.2 Å². The van der Waals surface area contributed by atoms with Gasteiger partial charge >= 0.3 is 17.9 Å². The number of unbranched alkanes of at least 4 members (excludes halogenated alkanes) is 3. The molecule has 0 heterocycles. The molecule has 0 aromatic rings. The second-order valence-electron chi connectivity index (χ2n) is 5.12. The minimum absolute atomic E-state index is 0.131. The Bertz CT molecular complexity index is 474. The van der Waals surface area contributed by atoms with Crippen LogP contribution in [0.25, 0.3) is 0 Å². The molecule has 0 amide bonds. The number of ketones is 1. The number of hydrogen-bond acceptors (Lipinski definition) is 7. The van der Waals surface area contributed by atoms with Crippen LogP contribution in [0.4, 0.5) is 0 Å². The van der Waals surface area contributed by atoms with E-state index in [4.69, 9.17) is 9.47 Å². The molecule has 0 aliphatic carbocycles. The lowest BCUT2D eigenvalue weighted by atomic mass is 10.1. The van der Waals surface area contributed by atoms with E-state index in [0.29, 0.717) is 12.8 Å². The maximum Gasteiger partial charge on any atom is 0.344 e. The molecule has 0 aliphatic rings. The summed E-state index contributed by atoms with van der Waals surface area (Å²) >= 11 is 0. The van der Waals surface area contributed by atoms with Crippen LogP contribution in [0.15, 0.2) is 24.3 Å². The van der Waals surface area contributed by atoms with Gasteiger partial charge in [-0.2, -0.15) is 0 Å². The summed E-state index contributed by atoms with van der Waals surface area (Å²) in [5, 5.41) is 0. The first-order valence-corrected chi connectivity index (χ1v) is 8.27. The summed E-state index contributed by atoms with van der Waals surface area (Å²) in [4.78, 5) is 45.8. The third-order valence-electron chi connectivity index (χ3n) is 3.16. The van der Waals surface area contributed by atoms with Crippen molar-refractivity contribution in [2.45, 2.75) is 46.0 Å². The second kappa shape index (κ2) is 12.9. The third-order valence-corrected chi connectivity index (χ3v) is 3.16. The van der Waals surface area contributed by atoms with E-state index in [1.807, 2.05) is 0 Å². The minimum Gasteiger partial charge on any atom is -0.462 e. The van der Waals surface area contributed by atoms with Crippen LogP contribution < -0.4 is 0 Å². The minimum atomic E-state index is -0.792. The molecule has 7 heteroatoms. The number of rotatable bonds is 13. The van der Waals surface area contributed by atoms with Gasteiger partial charge in [-0.25, -0.2) is 14.4 Å². The van der Waals surface area contributed by atoms with Crippen LogP contribution in [0, 0.1) is 0 Å². The summed E-state index contributed by atoms with van der Waals surface area (Å²) in [5.41, 5.74) is -0.460. The van der Waals surface area contributed by atoms with Gasteiger partial charge in [0.05, 0.1) is 25.4 Å². The Morgan fingerprint density at radius 1 is 0.680 bits per heavy atom. The molecule has 0 N–H and O–H groups in total. The number of carbonyl (C=O) groups is 4. The molecule has 0 bridgehead atoms. The number of Topliss-reactive ketones (excluding diaryl/α,β-unsaturated/α-hetero) is 1. The Morgan fingerprint density at radius 2 is 1.16 bits per heavy atom. The fourth-order valence-corrected chi connectivity index (χ4v) is 1.78. The van der Waals surface area contributed by atoms with Crippen molar-refractivity contribution in [2.75, 3.05) is 19.8 Å². The van der Waals surface area contributed by atoms with Gasteiger partial charge in [-0.3, -0.25) is 4.79 Å². The number of hydrogen-bond donors (Lipinski definition) is 0. The van der Waals surface area contributed by atoms with Crippen molar-refractivity contribution in [3.05, 3.63) is 24.3 Å². The van der Waals surface area contributed by atoms with Gasteiger partial charge in [0.1, 0.15) is 5.57 Å². The maximum atomic E-state index is 11.7. The second-order valence-corrected chi connectivity index (χ2v) is 5.12. The highest BCUT2D eigenvalue weighted by Gasteiger charge is 2.18. The Morgan fingerprint density at radius 3 is 1.72 bits per heavy atom. The molecule has 140 valence electrons. The topological polar surface area (TPSA) is 96.0 Å². The Balaban J connectivity index is 3.80. The van der Waals surface area contributed by atoms with E-state index in [0.717, 1.165) is 12.8 Å². The van der Waals surface area contributed by atoms with E-state index < -0.39 is 17.9 Å². The molecular formula is C18H26O7. The lowest BCUT2D eigenvalue weighted by molar-refractivity contribution is -0.147. The van der Waals surface area contributed by atoms with E-state index in [-0.39, 0.29) is 43.2 Å². The largest absolute Gasteiger partial charge is 0.462 e. The van der Waals surface area contributed by atoms with Crippen molar-refractivity contribution >= 4 is 23.7 Å². The van der Waals surface area contributed by atoms with E-state index >= 15 is 0 Å². The highest BCUT2D eigenvalue weighted by molar-refractivity contribution is 6.16. The Labute approximate surface area is 148 Å². The summed E-state index contributed by atoms with van der Waals surface area (Å²) in [6.45, 7) is 10.6. The maximum absolute atomic E-state index is 11.7. The molecule has 25 heavy (non-hydrogen) atoms. The summed E-state index contributed by atoms with van der Waals surface area (Å²) in [6.07, 6.45) is 2.88. The normalized spacial score (nSPS) is 9.84. The SMILES string of the molecule is C=C(C(=O)CCCCCCOC(=O)C(=C)C(=O)OCC)C(=O)OCC. The van der Waals surface area contributed by atoms with Crippen LogP contribution >= 0.6 is 0 Å². The standard InChI is InChI=1S/C18H26O7/c1-5-23-16(20)13(3)15(19)11-9-7-8-10-12-25-18(22)14(4)17(21)24-6-2/h3-12H2,1-2H3. The Kier molecular flexibility index (Phi) is 11.7. The average Bonchev–Trinajstić information content (AvgIpc) is 2.59. The van der Waals surface area contributed by atoms with Gasteiger partial charge in [0.15, 0.2) is 5.78 Å². The van der Waals surface area contributed by atoms with Gasteiger partial charge in [0.25, 0.3) is 0 Å². The zero-order valence-electron chi connectivity index (χ0n) is 14.9. The average molecular weight is 354 g/mol. The van der Waals surface area contributed by atoms with E-state index in [9.17, 15) is 19.2 Å². The van der Waals surface area contributed by atoms with Crippen LogP contribution in [-0.2, 0) is 33.4 Å². The highest BCUT2D eigenvalue weighted by atomic mass is 16.6. The van der Waals surface area contributed by atoms with Gasteiger partial charge in [-0.15, -0.1) is 0 Å². The van der Waals surface area contributed by atoms with Crippen LogP contribution in [0.3, 0.4) is 0 Å². The smallest absolute Gasteiger partial charge is 0.344 e. The van der Waals surface area contributed by atoms with Gasteiger partial charge in [-0.05, 0) is 26.7 Å². The molecule has 0 atom stereocenters.